The maximum absolute atomic E-state index is 11.0. The zero-order chi connectivity index (χ0) is 8.27. The van der Waals surface area contributed by atoms with Gasteiger partial charge < -0.3 is 15.2 Å². The third kappa shape index (κ3) is 2.97. The lowest BCUT2D eigenvalue weighted by molar-refractivity contribution is -0.145. The molecule has 0 spiro atoms. The summed E-state index contributed by atoms with van der Waals surface area (Å²) in [6.45, 7) is 2.65. The van der Waals surface area contributed by atoms with Gasteiger partial charge in [-0.05, 0) is 6.92 Å². The molecule has 1 saturated heterocycles. The van der Waals surface area contributed by atoms with Gasteiger partial charge in [-0.15, -0.1) is 12.4 Å². The van der Waals surface area contributed by atoms with Gasteiger partial charge in [-0.3, -0.25) is 4.79 Å². The third-order valence-electron chi connectivity index (χ3n) is 1.68. The van der Waals surface area contributed by atoms with Crippen LogP contribution in [0.25, 0.3) is 0 Å². The van der Waals surface area contributed by atoms with Crippen molar-refractivity contribution in [2.24, 2.45) is 0 Å². The molecular weight excluding hydrogens is 182 g/mol. The average Bonchev–Trinajstić information content (AvgIpc) is 2.36. The fourth-order valence-corrected chi connectivity index (χ4v) is 1.14. The van der Waals surface area contributed by atoms with Gasteiger partial charge in [0.2, 0.25) is 0 Å². The van der Waals surface area contributed by atoms with Crippen LogP contribution in [-0.4, -0.2) is 36.4 Å². The van der Waals surface area contributed by atoms with E-state index in [9.17, 15) is 4.79 Å². The second kappa shape index (κ2) is 5.35. The van der Waals surface area contributed by atoms with Crippen LogP contribution < -0.4 is 5.32 Å². The second-order valence-corrected chi connectivity index (χ2v) is 2.60. The van der Waals surface area contributed by atoms with E-state index in [-0.39, 0.29) is 24.4 Å². The Labute approximate surface area is 77.7 Å². The molecular formula is C7H14ClNO3. The van der Waals surface area contributed by atoms with Gasteiger partial charge in [0.25, 0.3) is 0 Å². The minimum atomic E-state index is -0.399. The Hall–Kier alpha value is -0.320. The van der Waals surface area contributed by atoms with Gasteiger partial charge in [0.15, 0.2) is 0 Å². The topological polar surface area (TPSA) is 58.6 Å². The second-order valence-electron chi connectivity index (χ2n) is 2.60. The summed E-state index contributed by atoms with van der Waals surface area (Å²) in [5.74, 6) is -0.260. The Bertz CT molecular complexity index is 154. The van der Waals surface area contributed by atoms with E-state index in [0.717, 1.165) is 0 Å². The third-order valence-corrected chi connectivity index (χ3v) is 1.68. The summed E-state index contributed by atoms with van der Waals surface area (Å²) in [6, 6.07) is -0.301. The summed E-state index contributed by atoms with van der Waals surface area (Å²) in [5.41, 5.74) is 0. The van der Waals surface area contributed by atoms with E-state index in [0.29, 0.717) is 19.6 Å². The Morgan fingerprint density at radius 3 is 2.83 bits per heavy atom. The van der Waals surface area contributed by atoms with E-state index in [2.05, 4.69) is 5.32 Å². The normalized spacial score (nSPS) is 27.8. The van der Waals surface area contributed by atoms with Crippen molar-refractivity contribution in [1.82, 2.24) is 5.32 Å². The number of hydrogen-bond acceptors (Lipinski definition) is 4. The molecule has 0 unspecified atom stereocenters. The Morgan fingerprint density at radius 1 is 1.75 bits per heavy atom. The van der Waals surface area contributed by atoms with Crippen LogP contribution in [0.4, 0.5) is 0 Å². The number of β-amino-alcohol motifs (C(OH)–C–C–N with tert-alkyl or cyclic N) is 1. The average molecular weight is 196 g/mol. The SMILES string of the molecule is CCOC(=O)[C@H]1C[C@H](O)CN1.Cl. The Kier molecular flexibility index (Phi) is 5.20. The van der Waals surface area contributed by atoms with Crippen molar-refractivity contribution in [3.8, 4) is 0 Å². The molecule has 1 aliphatic rings. The number of halogens is 1. The van der Waals surface area contributed by atoms with Crippen molar-refractivity contribution < 1.29 is 14.6 Å². The molecule has 0 radical (unpaired) electrons. The highest BCUT2D eigenvalue weighted by Crippen LogP contribution is 2.07. The van der Waals surface area contributed by atoms with Crippen LogP contribution in [0, 0.1) is 0 Å². The highest BCUT2D eigenvalue weighted by Gasteiger charge is 2.28. The van der Waals surface area contributed by atoms with E-state index in [1.54, 1.807) is 6.92 Å². The maximum atomic E-state index is 11.0. The molecule has 4 nitrogen and oxygen atoms in total. The molecule has 0 aliphatic carbocycles. The fraction of sp³-hybridized carbons (Fsp3) is 0.857. The molecule has 0 amide bonds. The number of aliphatic hydroxyl groups excluding tert-OH is 1. The van der Waals surface area contributed by atoms with Gasteiger partial charge in [0.1, 0.15) is 6.04 Å². The van der Waals surface area contributed by atoms with Gasteiger partial charge in [-0.1, -0.05) is 0 Å². The lowest BCUT2D eigenvalue weighted by Crippen LogP contribution is -2.32. The molecule has 2 atom stereocenters. The summed E-state index contributed by atoms with van der Waals surface area (Å²) in [4.78, 5) is 11.0. The summed E-state index contributed by atoms with van der Waals surface area (Å²) >= 11 is 0. The van der Waals surface area contributed by atoms with Crippen LogP contribution in [0.3, 0.4) is 0 Å². The fourth-order valence-electron chi connectivity index (χ4n) is 1.14. The number of rotatable bonds is 2. The summed E-state index contributed by atoms with van der Waals surface area (Å²) in [6.07, 6.45) is 0.0724. The summed E-state index contributed by atoms with van der Waals surface area (Å²) < 4.78 is 4.76. The lowest BCUT2D eigenvalue weighted by Gasteiger charge is -2.07. The molecule has 1 heterocycles. The first-order valence-electron chi connectivity index (χ1n) is 3.82. The molecule has 0 bridgehead atoms. The molecule has 72 valence electrons. The van der Waals surface area contributed by atoms with Crippen LogP contribution in [0.2, 0.25) is 0 Å². The van der Waals surface area contributed by atoms with Gasteiger partial charge in [-0.2, -0.15) is 0 Å². The van der Waals surface area contributed by atoms with Crippen molar-refractivity contribution in [1.29, 1.82) is 0 Å². The number of ether oxygens (including phenoxy) is 1. The van der Waals surface area contributed by atoms with E-state index in [1.165, 1.54) is 0 Å². The molecule has 1 fully saturated rings. The number of esters is 1. The van der Waals surface area contributed by atoms with Crippen LogP contribution in [0.15, 0.2) is 0 Å². The number of aliphatic hydroxyl groups is 1. The van der Waals surface area contributed by atoms with Gasteiger partial charge >= 0.3 is 5.97 Å². The molecule has 0 saturated carbocycles. The van der Waals surface area contributed by atoms with Gasteiger partial charge in [0, 0.05) is 13.0 Å². The Balaban J connectivity index is 0.00000121. The monoisotopic (exact) mass is 195 g/mol. The van der Waals surface area contributed by atoms with Crippen LogP contribution in [0.5, 0.6) is 0 Å². The van der Waals surface area contributed by atoms with E-state index in [1.807, 2.05) is 0 Å². The highest BCUT2D eigenvalue weighted by atomic mass is 35.5. The van der Waals surface area contributed by atoms with E-state index < -0.39 is 6.10 Å². The molecule has 0 aromatic carbocycles. The number of hydrogen-bond donors (Lipinski definition) is 2. The molecule has 1 aliphatic heterocycles. The zero-order valence-electron chi connectivity index (χ0n) is 6.95. The Morgan fingerprint density at radius 2 is 2.42 bits per heavy atom. The zero-order valence-corrected chi connectivity index (χ0v) is 7.76. The lowest BCUT2D eigenvalue weighted by atomic mass is 10.2. The number of nitrogens with one attached hydrogen (secondary N) is 1. The molecule has 12 heavy (non-hydrogen) atoms. The largest absolute Gasteiger partial charge is 0.465 e. The van der Waals surface area contributed by atoms with E-state index in [4.69, 9.17) is 9.84 Å². The maximum Gasteiger partial charge on any atom is 0.323 e. The number of carbonyl (C=O) groups is 1. The van der Waals surface area contributed by atoms with Crippen molar-refractivity contribution in [3.05, 3.63) is 0 Å². The smallest absolute Gasteiger partial charge is 0.323 e. The van der Waals surface area contributed by atoms with Gasteiger partial charge in [0.05, 0.1) is 12.7 Å². The van der Waals surface area contributed by atoms with Crippen molar-refractivity contribution in [2.75, 3.05) is 13.2 Å². The van der Waals surface area contributed by atoms with Crippen LogP contribution in [0.1, 0.15) is 13.3 Å². The summed E-state index contributed by atoms with van der Waals surface area (Å²) in [5, 5.41) is 11.9. The minimum Gasteiger partial charge on any atom is -0.465 e. The molecule has 1 rings (SSSR count). The first-order chi connectivity index (χ1) is 5.24. The standard InChI is InChI=1S/C7H13NO3.ClH/c1-2-11-7(10)6-3-5(9)4-8-6;/h5-6,8-9H,2-4H2,1H3;1H/t5-,6+;/m0./s1. The number of carbonyl (C=O) groups excluding carboxylic acids is 1. The minimum absolute atomic E-state index is 0. The summed E-state index contributed by atoms with van der Waals surface area (Å²) in [7, 11) is 0. The van der Waals surface area contributed by atoms with Gasteiger partial charge in [-0.25, -0.2) is 0 Å². The van der Waals surface area contributed by atoms with Crippen molar-refractivity contribution in [2.45, 2.75) is 25.5 Å². The van der Waals surface area contributed by atoms with Crippen LogP contribution in [-0.2, 0) is 9.53 Å². The first-order valence-corrected chi connectivity index (χ1v) is 3.82. The first kappa shape index (κ1) is 11.7. The van der Waals surface area contributed by atoms with Crippen molar-refractivity contribution in [3.63, 3.8) is 0 Å². The van der Waals surface area contributed by atoms with Crippen LogP contribution >= 0.6 is 12.4 Å². The van der Waals surface area contributed by atoms with Crippen molar-refractivity contribution >= 4 is 18.4 Å². The molecule has 0 aromatic heterocycles. The predicted molar refractivity (Wildman–Crippen MR) is 46.3 cm³/mol. The quantitative estimate of drug-likeness (QED) is 0.594. The molecule has 5 heteroatoms. The molecule has 0 aromatic rings. The highest BCUT2D eigenvalue weighted by molar-refractivity contribution is 5.85. The predicted octanol–water partition coefficient (Wildman–Crippen LogP) is -0.306. The molecule has 2 N–H and O–H groups in total. The van der Waals surface area contributed by atoms with E-state index >= 15 is 0 Å².